The van der Waals surface area contributed by atoms with Gasteiger partial charge in [-0.3, -0.25) is 4.79 Å². The summed E-state index contributed by atoms with van der Waals surface area (Å²) in [4.78, 5) is 16.7. The Hall–Kier alpha value is -2.92. The summed E-state index contributed by atoms with van der Waals surface area (Å²) in [6.45, 7) is 0.398. The van der Waals surface area contributed by atoms with Crippen LogP contribution in [0.25, 0.3) is 21.3 Å². The fraction of sp³-hybridized carbons (Fsp3) is 0.100. The molecule has 0 fully saturated rings. The lowest BCUT2D eigenvalue weighted by molar-refractivity contribution is -0.120. The fourth-order valence-corrected chi connectivity index (χ4v) is 3.66. The van der Waals surface area contributed by atoms with Crippen molar-refractivity contribution in [3.63, 3.8) is 0 Å². The van der Waals surface area contributed by atoms with E-state index in [1.807, 2.05) is 30.3 Å². The third kappa shape index (κ3) is 3.61. The predicted octanol–water partition coefficient (Wildman–Crippen LogP) is 4.42. The number of nitrogens with one attached hydrogen (secondary N) is 1. The first-order chi connectivity index (χ1) is 12.3. The van der Waals surface area contributed by atoms with Crippen molar-refractivity contribution in [2.24, 2.45) is 0 Å². The van der Waals surface area contributed by atoms with Crippen LogP contribution in [0.4, 0.5) is 0 Å². The van der Waals surface area contributed by atoms with E-state index >= 15 is 0 Å². The number of carbonyl (C=O) groups excluding carboxylic acids is 1. The van der Waals surface area contributed by atoms with E-state index in [1.165, 1.54) is 5.56 Å². The summed E-state index contributed by atoms with van der Waals surface area (Å²) in [6.07, 6.45) is 1.88. The van der Waals surface area contributed by atoms with E-state index in [-0.39, 0.29) is 12.3 Å². The molecule has 2 heterocycles. The van der Waals surface area contributed by atoms with Gasteiger partial charge in [-0.2, -0.15) is 0 Å². The summed E-state index contributed by atoms with van der Waals surface area (Å²) in [6, 6.07) is 20.1. The molecule has 0 unspecified atom stereocenters. The zero-order chi connectivity index (χ0) is 17.1. The maximum absolute atomic E-state index is 12.1. The van der Waals surface area contributed by atoms with Crippen LogP contribution in [0.15, 0.2) is 71.3 Å². The second kappa shape index (κ2) is 6.91. The van der Waals surface area contributed by atoms with E-state index in [0.717, 1.165) is 26.5 Å². The van der Waals surface area contributed by atoms with E-state index in [4.69, 9.17) is 4.42 Å². The number of hydrogen-bond acceptors (Lipinski definition) is 4. The summed E-state index contributed by atoms with van der Waals surface area (Å²) in [5.74, 6) is 0.684. The monoisotopic (exact) mass is 348 g/mol. The molecule has 2 aromatic carbocycles. The average Bonchev–Trinajstić information content (AvgIpc) is 3.29. The second-order valence-electron chi connectivity index (χ2n) is 5.69. The highest BCUT2D eigenvalue weighted by Gasteiger charge is 2.10. The Morgan fingerprint density at radius 3 is 2.72 bits per heavy atom. The van der Waals surface area contributed by atoms with Gasteiger partial charge in [0.05, 0.1) is 29.4 Å². The summed E-state index contributed by atoms with van der Waals surface area (Å²) in [5, 5.41) is 3.67. The topological polar surface area (TPSA) is 55.1 Å². The van der Waals surface area contributed by atoms with Crippen molar-refractivity contribution in [1.82, 2.24) is 10.3 Å². The average molecular weight is 348 g/mol. The van der Waals surface area contributed by atoms with Crippen LogP contribution < -0.4 is 5.32 Å². The molecule has 0 aliphatic heterocycles. The third-order valence-corrected chi connectivity index (χ3v) is 4.91. The van der Waals surface area contributed by atoms with Crippen LogP contribution in [0.1, 0.15) is 10.8 Å². The van der Waals surface area contributed by atoms with Crippen molar-refractivity contribution in [3.8, 4) is 11.1 Å². The smallest absolute Gasteiger partial charge is 0.227 e. The molecule has 0 spiro atoms. The molecular weight excluding hydrogens is 332 g/mol. The summed E-state index contributed by atoms with van der Waals surface area (Å²) < 4.78 is 6.30. The number of nitrogens with zero attached hydrogens (tertiary/aromatic N) is 1. The van der Waals surface area contributed by atoms with Crippen molar-refractivity contribution >= 4 is 27.5 Å². The van der Waals surface area contributed by atoms with Gasteiger partial charge in [-0.05, 0) is 35.4 Å². The minimum atomic E-state index is -0.0567. The zero-order valence-corrected chi connectivity index (χ0v) is 14.3. The first-order valence-corrected chi connectivity index (χ1v) is 8.83. The molecule has 0 aliphatic carbocycles. The fourth-order valence-electron chi connectivity index (χ4n) is 2.66. The van der Waals surface area contributed by atoms with Gasteiger partial charge in [-0.25, -0.2) is 4.98 Å². The normalized spacial score (nSPS) is 10.9. The second-order valence-corrected chi connectivity index (χ2v) is 6.80. The molecule has 5 heteroatoms. The Bertz CT molecular complexity index is 991. The summed E-state index contributed by atoms with van der Waals surface area (Å²) >= 11 is 1.56. The van der Waals surface area contributed by atoms with Gasteiger partial charge in [0.2, 0.25) is 5.91 Å². The summed E-state index contributed by atoms with van der Waals surface area (Å²) in [7, 11) is 0. The van der Waals surface area contributed by atoms with Gasteiger partial charge in [-0.1, -0.05) is 36.4 Å². The molecule has 2 aromatic heterocycles. The minimum absolute atomic E-state index is 0.0567. The number of benzene rings is 2. The molecule has 0 saturated heterocycles. The van der Waals surface area contributed by atoms with Crippen LogP contribution in [-0.4, -0.2) is 10.9 Å². The van der Waals surface area contributed by atoms with E-state index in [9.17, 15) is 4.79 Å². The molecule has 124 valence electrons. The molecular formula is C20H16N2O2S. The van der Waals surface area contributed by atoms with Crippen LogP contribution in [0.2, 0.25) is 0 Å². The molecule has 25 heavy (non-hydrogen) atoms. The zero-order valence-electron chi connectivity index (χ0n) is 13.4. The molecule has 1 amide bonds. The van der Waals surface area contributed by atoms with Crippen LogP contribution in [0.3, 0.4) is 0 Å². The number of carbonyl (C=O) groups is 1. The SMILES string of the molecule is O=C(Cc1nc2ccc(-c3ccccc3)cc2s1)NCc1ccco1. The highest BCUT2D eigenvalue weighted by molar-refractivity contribution is 7.18. The quantitative estimate of drug-likeness (QED) is 0.581. The minimum Gasteiger partial charge on any atom is -0.467 e. The van der Waals surface area contributed by atoms with E-state index in [2.05, 4.69) is 34.6 Å². The number of fused-ring (bicyclic) bond motifs is 1. The molecule has 1 N–H and O–H groups in total. The van der Waals surface area contributed by atoms with Crippen LogP contribution in [-0.2, 0) is 17.8 Å². The Morgan fingerprint density at radius 1 is 1.04 bits per heavy atom. The van der Waals surface area contributed by atoms with Crippen molar-refractivity contribution < 1.29 is 9.21 Å². The van der Waals surface area contributed by atoms with Gasteiger partial charge in [0.1, 0.15) is 10.8 Å². The lowest BCUT2D eigenvalue weighted by Gasteiger charge is -2.00. The van der Waals surface area contributed by atoms with E-state index in [1.54, 1.807) is 23.7 Å². The van der Waals surface area contributed by atoms with Gasteiger partial charge in [-0.15, -0.1) is 11.3 Å². The van der Waals surface area contributed by atoms with Gasteiger partial charge in [0.25, 0.3) is 0 Å². The van der Waals surface area contributed by atoms with Crippen molar-refractivity contribution in [3.05, 3.63) is 77.7 Å². The van der Waals surface area contributed by atoms with Crippen LogP contribution in [0.5, 0.6) is 0 Å². The largest absolute Gasteiger partial charge is 0.467 e. The van der Waals surface area contributed by atoms with Gasteiger partial charge in [0.15, 0.2) is 0 Å². The number of rotatable bonds is 5. The molecule has 0 atom stereocenters. The molecule has 0 radical (unpaired) electrons. The van der Waals surface area contributed by atoms with Crippen molar-refractivity contribution in [2.75, 3.05) is 0 Å². The lowest BCUT2D eigenvalue weighted by Crippen LogP contribution is -2.24. The number of furan rings is 1. The Balaban J connectivity index is 1.48. The van der Waals surface area contributed by atoms with Gasteiger partial charge < -0.3 is 9.73 Å². The summed E-state index contributed by atoms with van der Waals surface area (Å²) in [5.41, 5.74) is 3.26. The number of hydrogen-bond donors (Lipinski definition) is 1. The van der Waals surface area contributed by atoms with Gasteiger partial charge >= 0.3 is 0 Å². The Kier molecular flexibility index (Phi) is 4.31. The number of thiazole rings is 1. The first-order valence-electron chi connectivity index (χ1n) is 8.02. The predicted molar refractivity (Wildman–Crippen MR) is 99.3 cm³/mol. The number of amides is 1. The molecule has 4 nitrogen and oxygen atoms in total. The molecule has 0 bridgehead atoms. The molecule has 4 aromatic rings. The number of aromatic nitrogens is 1. The lowest BCUT2D eigenvalue weighted by atomic mass is 10.1. The maximum Gasteiger partial charge on any atom is 0.227 e. The van der Waals surface area contributed by atoms with E-state index in [0.29, 0.717) is 6.54 Å². The third-order valence-electron chi connectivity index (χ3n) is 3.89. The standard InChI is InChI=1S/C20H16N2O2S/c23-19(21-13-16-7-4-10-24-16)12-20-22-17-9-8-15(11-18(17)25-20)14-5-2-1-3-6-14/h1-11H,12-13H2,(H,21,23). The molecule has 4 rings (SSSR count). The first kappa shape index (κ1) is 15.6. The van der Waals surface area contributed by atoms with Gasteiger partial charge in [0, 0.05) is 0 Å². The van der Waals surface area contributed by atoms with Crippen LogP contribution >= 0.6 is 11.3 Å². The maximum atomic E-state index is 12.1. The Morgan fingerprint density at radius 2 is 1.92 bits per heavy atom. The van der Waals surface area contributed by atoms with Crippen LogP contribution in [0, 0.1) is 0 Å². The van der Waals surface area contributed by atoms with Crippen molar-refractivity contribution in [1.29, 1.82) is 0 Å². The Labute approximate surface area is 149 Å². The van der Waals surface area contributed by atoms with E-state index < -0.39 is 0 Å². The molecule has 0 aliphatic rings. The highest BCUT2D eigenvalue weighted by Crippen LogP contribution is 2.28. The van der Waals surface area contributed by atoms with Crippen molar-refractivity contribution in [2.45, 2.75) is 13.0 Å². The highest BCUT2D eigenvalue weighted by atomic mass is 32.1. The molecule has 0 saturated carbocycles.